The van der Waals surface area contributed by atoms with Crippen LogP contribution in [-0.4, -0.2) is 28.7 Å². The van der Waals surface area contributed by atoms with Gasteiger partial charge >= 0.3 is 0 Å². The van der Waals surface area contributed by atoms with Crippen LogP contribution in [0, 0.1) is 6.92 Å². The van der Waals surface area contributed by atoms with Crippen LogP contribution in [0.1, 0.15) is 28.2 Å². The summed E-state index contributed by atoms with van der Waals surface area (Å²) in [6, 6.07) is 24.2. The summed E-state index contributed by atoms with van der Waals surface area (Å²) in [6.07, 6.45) is 1.72. The number of benzene rings is 3. The number of hydrogen-bond donors (Lipinski definition) is 0. The molecule has 1 aromatic heterocycles. The lowest BCUT2D eigenvalue weighted by atomic mass is 9.83. The second-order valence-corrected chi connectivity index (χ2v) is 7.83. The van der Waals surface area contributed by atoms with Gasteiger partial charge in [-0.1, -0.05) is 48.5 Å². The van der Waals surface area contributed by atoms with Crippen molar-refractivity contribution in [1.29, 1.82) is 0 Å². The standard InChI is InChI=1S/C25H23N3/c1-17-5-3-6-18-13-19(8-10-22(17)18)24-16-28(2)15-21-14-20(9-11-23(21)24)25-7-4-12-26-27-25/h3-14,24H,15-16H2,1-2H3. The molecule has 0 amide bonds. The van der Waals surface area contributed by atoms with Gasteiger partial charge in [-0.3, -0.25) is 0 Å². The fourth-order valence-electron chi connectivity index (χ4n) is 4.43. The second-order valence-electron chi connectivity index (χ2n) is 7.83. The van der Waals surface area contributed by atoms with Gasteiger partial charge in [-0.15, -0.1) is 0 Å². The predicted molar refractivity (Wildman–Crippen MR) is 114 cm³/mol. The van der Waals surface area contributed by atoms with Gasteiger partial charge in [0.05, 0.1) is 5.69 Å². The van der Waals surface area contributed by atoms with Crippen LogP contribution in [0.5, 0.6) is 0 Å². The summed E-state index contributed by atoms with van der Waals surface area (Å²) >= 11 is 0. The zero-order chi connectivity index (χ0) is 19.1. The van der Waals surface area contributed by atoms with Crippen LogP contribution in [0.15, 0.2) is 72.9 Å². The molecule has 1 unspecified atom stereocenters. The summed E-state index contributed by atoms with van der Waals surface area (Å²) in [7, 11) is 2.20. The molecule has 4 aromatic rings. The highest BCUT2D eigenvalue weighted by Gasteiger charge is 2.25. The first-order valence-corrected chi connectivity index (χ1v) is 9.78. The van der Waals surface area contributed by atoms with Gasteiger partial charge in [0.2, 0.25) is 0 Å². The van der Waals surface area contributed by atoms with Crippen LogP contribution in [0.3, 0.4) is 0 Å². The SMILES string of the molecule is Cc1cccc2cc(C3CN(C)Cc4cc(-c5cccnn5)ccc43)ccc12. The molecule has 3 nitrogen and oxygen atoms in total. The first-order chi connectivity index (χ1) is 13.7. The van der Waals surface area contributed by atoms with E-state index in [1.54, 1.807) is 6.20 Å². The number of hydrogen-bond acceptors (Lipinski definition) is 3. The lowest BCUT2D eigenvalue weighted by Gasteiger charge is -2.33. The van der Waals surface area contributed by atoms with Crippen molar-refractivity contribution in [2.75, 3.05) is 13.6 Å². The highest BCUT2D eigenvalue weighted by Crippen LogP contribution is 2.36. The maximum atomic E-state index is 4.27. The summed E-state index contributed by atoms with van der Waals surface area (Å²) < 4.78 is 0. The van der Waals surface area contributed by atoms with Gasteiger partial charge in [0.25, 0.3) is 0 Å². The molecule has 0 bridgehead atoms. The van der Waals surface area contributed by atoms with Crippen molar-refractivity contribution in [3.8, 4) is 11.3 Å². The monoisotopic (exact) mass is 365 g/mol. The second kappa shape index (κ2) is 6.84. The normalized spacial score (nSPS) is 16.9. The zero-order valence-electron chi connectivity index (χ0n) is 16.3. The van der Waals surface area contributed by atoms with Gasteiger partial charge in [-0.2, -0.15) is 10.2 Å². The Morgan fingerprint density at radius 2 is 1.89 bits per heavy atom. The van der Waals surface area contributed by atoms with Crippen LogP contribution >= 0.6 is 0 Å². The van der Waals surface area contributed by atoms with Gasteiger partial charge < -0.3 is 4.90 Å². The Hall–Kier alpha value is -3.04. The maximum absolute atomic E-state index is 4.27. The van der Waals surface area contributed by atoms with E-state index in [0.29, 0.717) is 5.92 Å². The molecule has 0 spiro atoms. The van der Waals surface area contributed by atoms with Gasteiger partial charge in [0, 0.05) is 30.8 Å². The van der Waals surface area contributed by atoms with Crippen LogP contribution in [0.4, 0.5) is 0 Å². The van der Waals surface area contributed by atoms with Crippen molar-refractivity contribution in [3.63, 3.8) is 0 Å². The van der Waals surface area contributed by atoms with Crippen molar-refractivity contribution in [2.45, 2.75) is 19.4 Å². The van der Waals surface area contributed by atoms with Crippen molar-refractivity contribution in [2.24, 2.45) is 0 Å². The molecular weight excluding hydrogens is 342 g/mol. The van der Waals surface area contributed by atoms with Crippen LogP contribution in [-0.2, 0) is 6.54 Å². The van der Waals surface area contributed by atoms with Gasteiger partial charge in [-0.25, -0.2) is 0 Å². The Morgan fingerprint density at radius 1 is 0.964 bits per heavy atom. The van der Waals surface area contributed by atoms with E-state index in [-0.39, 0.29) is 0 Å². The van der Waals surface area contributed by atoms with Crippen LogP contribution < -0.4 is 0 Å². The Bertz CT molecular complexity index is 1150. The summed E-state index contributed by atoms with van der Waals surface area (Å²) in [5.74, 6) is 0.384. The molecule has 28 heavy (non-hydrogen) atoms. The summed E-state index contributed by atoms with van der Waals surface area (Å²) in [6.45, 7) is 4.18. The molecule has 3 aromatic carbocycles. The van der Waals surface area contributed by atoms with E-state index < -0.39 is 0 Å². The molecule has 0 aliphatic carbocycles. The van der Waals surface area contributed by atoms with E-state index in [1.165, 1.54) is 33.0 Å². The van der Waals surface area contributed by atoms with Crippen molar-refractivity contribution >= 4 is 10.8 Å². The Kier molecular flexibility index (Phi) is 4.18. The minimum absolute atomic E-state index is 0.384. The number of aryl methyl sites for hydroxylation is 1. The molecule has 2 heterocycles. The number of rotatable bonds is 2. The third-order valence-corrected chi connectivity index (χ3v) is 5.85. The van der Waals surface area contributed by atoms with E-state index in [1.807, 2.05) is 12.1 Å². The lowest BCUT2D eigenvalue weighted by Crippen LogP contribution is -2.31. The molecule has 0 radical (unpaired) electrons. The number of nitrogens with zero attached hydrogens (tertiary/aromatic N) is 3. The minimum atomic E-state index is 0.384. The highest BCUT2D eigenvalue weighted by molar-refractivity contribution is 5.86. The van der Waals surface area contributed by atoms with Gasteiger partial charge in [0.1, 0.15) is 0 Å². The Morgan fingerprint density at radius 3 is 2.75 bits per heavy atom. The van der Waals surface area contributed by atoms with E-state index in [9.17, 15) is 0 Å². The molecule has 1 aliphatic heterocycles. The molecule has 5 rings (SSSR count). The van der Waals surface area contributed by atoms with E-state index in [0.717, 1.165) is 24.3 Å². The number of fused-ring (bicyclic) bond motifs is 2. The van der Waals surface area contributed by atoms with E-state index in [4.69, 9.17) is 0 Å². The van der Waals surface area contributed by atoms with Crippen molar-refractivity contribution in [1.82, 2.24) is 15.1 Å². The first kappa shape index (κ1) is 17.1. The van der Waals surface area contributed by atoms with Gasteiger partial charge in [0.15, 0.2) is 0 Å². The van der Waals surface area contributed by atoms with Crippen molar-refractivity contribution < 1.29 is 0 Å². The fourth-order valence-corrected chi connectivity index (χ4v) is 4.43. The lowest BCUT2D eigenvalue weighted by molar-refractivity contribution is 0.295. The molecule has 0 fully saturated rings. The molecule has 0 N–H and O–H groups in total. The summed E-state index contributed by atoms with van der Waals surface area (Å²) in [5.41, 5.74) is 7.59. The Labute approximate surface area is 165 Å². The summed E-state index contributed by atoms with van der Waals surface area (Å²) in [5, 5.41) is 11.0. The first-order valence-electron chi connectivity index (χ1n) is 9.78. The number of likely N-dealkylation sites (N-methyl/N-ethyl adjacent to an activating group) is 1. The quantitative estimate of drug-likeness (QED) is 0.490. The van der Waals surface area contributed by atoms with Crippen molar-refractivity contribution in [3.05, 3.63) is 95.2 Å². The molecule has 0 saturated heterocycles. The topological polar surface area (TPSA) is 29.0 Å². The average molecular weight is 365 g/mol. The molecular formula is C25H23N3. The third-order valence-electron chi connectivity index (χ3n) is 5.85. The predicted octanol–water partition coefficient (Wildman–Crippen LogP) is 5.18. The third kappa shape index (κ3) is 2.98. The molecule has 3 heteroatoms. The van der Waals surface area contributed by atoms with Gasteiger partial charge in [-0.05, 0) is 65.2 Å². The fraction of sp³-hybridized carbons (Fsp3) is 0.200. The molecule has 1 aliphatic rings. The largest absolute Gasteiger partial charge is 0.301 e. The average Bonchev–Trinajstić information content (AvgIpc) is 2.73. The minimum Gasteiger partial charge on any atom is -0.301 e. The summed E-state index contributed by atoms with van der Waals surface area (Å²) in [4.78, 5) is 2.41. The van der Waals surface area contributed by atoms with Crippen LogP contribution in [0.25, 0.3) is 22.0 Å². The maximum Gasteiger partial charge on any atom is 0.0929 e. The number of aromatic nitrogens is 2. The van der Waals surface area contributed by atoms with Crippen LogP contribution in [0.2, 0.25) is 0 Å². The van der Waals surface area contributed by atoms with E-state index >= 15 is 0 Å². The molecule has 0 saturated carbocycles. The zero-order valence-corrected chi connectivity index (χ0v) is 16.3. The Balaban J connectivity index is 1.59. The molecule has 1 atom stereocenters. The highest BCUT2D eigenvalue weighted by atomic mass is 15.1. The smallest absolute Gasteiger partial charge is 0.0929 e. The van der Waals surface area contributed by atoms with E-state index in [2.05, 4.69) is 83.7 Å². The molecule has 138 valence electrons.